The van der Waals surface area contributed by atoms with Crippen molar-refractivity contribution in [3.8, 4) is 5.75 Å². The quantitative estimate of drug-likeness (QED) is 0.670. The van der Waals surface area contributed by atoms with Gasteiger partial charge in [0, 0.05) is 0 Å². The van der Waals surface area contributed by atoms with E-state index >= 15 is 0 Å². The SMILES string of the molecule is CCN(CC)Cc1nnc2sc(COc3ccccc3)nn12. The van der Waals surface area contributed by atoms with Gasteiger partial charge in [-0.3, -0.25) is 4.90 Å². The molecule has 0 aliphatic carbocycles. The number of nitrogens with zero attached hydrogens (tertiary/aromatic N) is 5. The van der Waals surface area contributed by atoms with Gasteiger partial charge in [0.05, 0.1) is 6.54 Å². The summed E-state index contributed by atoms with van der Waals surface area (Å²) in [6.45, 7) is 7.46. The smallest absolute Gasteiger partial charge is 0.234 e. The number of rotatable bonds is 7. The Morgan fingerprint density at radius 3 is 2.64 bits per heavy atom. The van der Waals surface area contributed by atoms with Gasteiger partial charge in [0.1, 0.15) is 12.4 Å². The van der Waals surface area contributed by atoms with Crippen LogP contribution in [-0.2, 0) is 13.2 Å². The Balaban J connectivity index is 1.72. The van der Waals surface area contributed by atoms with Gasteiger partial charge in [0.25, 0.3) is 0 Å². The summed E-state index contributed by atoms with van der Waals surface area (Å²) < 4.78 is 7.56. The van der Waals surface area contributed by atoms with E-state index in [1.165, 1.54) is 11.3 Å². The summed E-state index contributed by atoms with van der Waals surface area (Å²) in [4.78, 5) is 3.10. The first kappa shape index (κ1) is 14.9. The molecule has 3 rings (SSSR count). The van der Waals surface area contributed by atoms with Crippen LogP contribution in [0.25, 0.3) is 4.96 Å². The third kappa shape index (κ3) is 3.26. The molecule has 0 fully saturated rings. The molecule has 0 saturated carbocycles. The molecular weight excluding hydrogens is 298 g/mol. The number of hydrogen-bond donors (Lipinski definition) is 0. The van der Waals surface area contributed by atoms with Crippen LogP contribution in [0.3, 0.4) is 0 Å². The summed E-state index contributed by atoms with van der Waals surface area (Å²) in [5.74, 6) is 1.72. The molecule has 7 heteroatoms. The molecule has 0 aliphatic rings. The molecule has 116 valence electrons. The van der Waals surface area contributed by atoms with Gasteiger partial charge >= 0.3 is 0 Å². The van der Waals surface area contributed by atoms with Gasteiger partial charge in [-0.15, -0.1) is 10.2 Å². The lowest BCUT2D eigenvalue weighted by molar-refractivity contribution is 0.284. The van der Waals surface area contributed by atoms with Gasteiger partial charge in [0.2, 0.25) is 4.96 Å². The lowest BCUT2D eigenvalue weighted by Crippen LogP contribution is -2.23. The van der Waals surface area contributed by atoms with E-state index in [1.807, 2.05) is 34.8 Å². The summed E-state index contributed by atoms with van der Waals surface area (Å²) >= 11 is 1.51. The first-order chi connectivity index (χ1) is 10.8. The summed E-state index contributed by atoms with van der Waals surface area (Å²) in [7, 11) is 0. The molecule has 0 saturated heterocycles. The Hall–Kier alpha value is -1.99. The van der Waals surface area contributed by atoms with Crippen LogP contribution >= 0.6 is 11.3 Å². The number of ether oxygens (including phenoxy) is 1. The maximum absolute atomic E-state index is 5.73. The average Bonchev–Trinajstić information content (AvgIpc) is 3.12. The van der Waals surface area contributed by atoms with Gasteiger partial charge in [-0.05, 0) is 25.2 Å². The van der Waals surface area contributed by atoms with E-state index in [2.05, 4.69) is 34.0 Å². The standard InChI is InChI=1S/C15H19N5OS/c1-3-19(4-2)10-13-16-17-15-20(13)18-14(22-15)11-21-12-8-6-5-7-9-12/h5-9H,3-4,10-11H2,1-2H3. The third-order valence-electron chi connectivity index (χ3n) is 3.46. The van der Waals surface area contributed by atoms with Gasteiger partial charge in [-0.1, -0.05) is 43.4 Å². The molecule has 1 aromatic carbocycles. The molecule has 2 aromatic heterocycles. The van der Waals surface area contributed by atoms with Crippen LogP contribution < -0.4 is 4.74 Å². The van der Waals surface area contributed by atoms with Gasteiger partial charge in [0.15, 0.2) is 10.8 Å². The normalized spacial score (nSPS) is 11.4. The van der Waals surface area contributed by atoms with Crippen LogP contribution in [0.5, 0.6) is 5.75 Å². The molecule has 0 bridgehead atoms. The van der Waals surface area contributed by atoms with Crippen molar-refractivity contribution in [3.63, 3.8) is 0 Å². The summed E-state index contributed by atoms with van der Waals surface area (Å²) in [5.41, 5.74) is 0. The molecule has 0 aliphatic heterocycles. The molecule has 0 N–H and O–H groups in total. The van der Waals surface area contributed by atoms with Crippen molar-refractivity contribution in [2.24, 2.45) is 0 Å². The van der Waals surface area contributed by atoms with E-state index < -0.39 is 0 Å². The lowest BCUT2D eigenvalue weighted by Gasteiger charge is -2.15. The second kappa shape index (κ2) is 6.85. The fourth-order valence-electron chi connectivity index (χ4n) is 2.16. The average molecular weight is 317 g/mol. The molecule has 3 aromatic rings. The van der Waals surface area contributed by atoms with Crippen molar-refractivity contribution in [3.05, 3.63) is 41.2 Å². The number of aromatic nitrogens is 4. The fraction of sp³-hybridized carbons (Fsp3) is 0.400. The predicted octanol–water partition coefficient (Wildman–Crippen LogP) is 2.61. The Kier molecular flexibility index (Phi) is 4.65. The van der Waals surface area contributed by atoms with Crippen LogP contribution in [0.4, 0.5) is 0 Å². The minimum absolute atomic E-state index is 0.447. The van der Waals surface area contributed by atoms with Crippen LogP contribution in [0.2, 0.25) is 0 Å². The molecule has 0 radical (unpaired) electrons. The second-order valence-corrected chi connectivity index (χ2v) is 5.91. The Bertz CT molecular complexity index is 720. The largest absolute Gasteiger partial charge is 0.486 e. The van der Waals surface area contributed by atoms with Crippen molar-refractivity contribution in [1.82, 2.24) is 24.7 Å². The zero-order chi connectivity index (χ0) is 15.4. The first-order valence-electron chi connectivity index (χ1n) is 7.40. The van der Waals surface area contributed by atoms with Gasteiger partial charge in [-0.2, -0.15) is 9.61 Å². The highest BCUT2D eigenvalue weighted by molar-refractivity contribution is 7.16. The van der Waals surface area contributed by atoms with Gasteiger partial charge < -0.3 is 4.74 Å². The summed E-state index contributed by atoms with van der Waals surface area (Å²) in [5, 5.41) is 13.9. The number of para-hydroxylation sites is 1. The van der Waals surface area contributed by atoms with Crippen molar-refractivity contribution < 1.29 is 4.74 Å². The highest BCUT2D eigenvalue weighted by Gasteiger charge is 2.14. The van der Waals surface area contributed by atoms with Crippen molar-refractivity contribution in [1.29, 1.82) is 0 Å². The third-order valence-corrected chi connectivity index (χ3v) is 4.33. The highest BCUT2D eigenvalue weighted by Crippen LogP contribution is 2.17. The topological polar surface area (TPSA) is 55.5 Å². The van der Waals surface area contributed by atoms with Crippen LogP contribution in [-0.4, -0.2) is 37.8 Å². The molecule has 0 unspecified atom stereocenters. The van der Waals surface area contributed by atoms with Crippen LogP contribution in [0.1, 0.15) is 24.7 Å². The van der Waals surface area contributed by atoms with E-state index in [1.54, 1.807) is 0 Å². The fourth-order valence-corrected chi connectivity index (χ4v) is 2.93. The number of benzene rings is 1. The maximum Gasteiger partial charge on any atom is 0.234 e. The summed E-state index contributed by atoms with van der Waals surface area (Å²) in [6, 6.07) is 9.75. The molecule has 2 heterocycles. The predicted molar refractivity (Wildman–Crippen MR) is 86.1 cm³/mol. The van der Waals surface area contributed by atoms with Crippen molar-refractivity contribution in [2.75, 3.05) is 13.1 Å². The minimum atomic E-state index is 0.447. The molecule has 0 amide bonds. The zero-order valence-electron chi connectivity index (χ0n) is 12.8. The lowest BCUT2D eigenvalue weighted by atomic mass is 10.3. The number of fused-ring (bicyclic) bond motifs is 1. The van der Waals surface area contributed by atoms with Crippen LogP contribution in [0.15, 0.2) is 30.3 Å². The molecule has 22 heavy (non-hydrogen) atoms. The van der Waals surface area contributed by atoms with E-state index in [0.717, 1.165) is 41.2 Å². The van der Waals surface area contributed by atoms with Crippen molar-refractivity contribution >= 4 is 16.3 Å². The van der Waals surface area contributed by atoms with Crippen molar-refractivity contribution in [2.45, 2.75) is 27.0 Å². The van der Waals surface area contributed by atoms with E-state index in [-0.39, 0.29) is 0 Å². The van der Waals surface area contributed by atoms with E-state index in [0.29, 0.717) is 6.61 Å². The second-order valence-electron chi connectivity index (χ2n) is 4.87. The Morgan fingerprint density at radius 2 is 1.91 bits per heavy atom. The minimum Gasteiger partial charge on any atom is -0.486 e. The molecule has 6 nitrogen and oxygen atoms in total. The number of hydrogen-bond acceptors (Lipinski definition) is 6. The molecule has 0 atom stereocenters. The monoisotopic (exact) mass is 317 g/mol. The Morgan fingerprint density at radius 1 is 1.14 bits per heavy atom. The van der Waals surface area contributed by atoms with Crippen LogP contribution in [0, 0.1) is 0 Å². The highest BCUT2D eigenvalue weighted by atomic mass is 32.1. The summed E-state index contributed by atoms with van der Waals surface area (Å²) in [6.07, 6.45) is 0. The zero-order valence-corrected chi connectivity index (χ0v) is 13.6. The molecular formula is C15H19N5OS. The maximum atomic E-state index is 5.73. The Labute approximate surface area is 133 Å². The van der Waals surface area contributed by atoms with E-state index in [4.69, 9.17) is 4.74 Å². The molecule has 0 spiro atoms. The first-order valence-corrected chi connectivity index (χ1v) is 8.22. The van der Waals surface area contributed by atoms with E-state index in [9.17, 15) is 0 Å². The van der Waals surface area contributed by atoms with Gasteiger partial charge in [-0.25, -0.2) is 0 Å².